The van der Waals surface area contributed by atoms with Crippen LogP contribution in [0.2, 0.25) is 0 Å². The number of aromatic nitrogens is 2. The van der Waals surface area contributed by atoms with Crippen molar-refractivity contribution in [3.63, 3.8) is 0 Å². The number of carbonyl (C=O) groups excluding carboxylic acids is 2. The monoisotopic (exact) mass is 489 g/mol. The van der Waals surface area contributed by atoms with Crippen molar-refractivity contribution in [2.45, 2.75) is 94.8 Å². The van der Waals surface area contributed by atoms with Crippen molar-refractivity contribution in [1.29, 1.82) is 0 Å². The van der Waals surface area contributed by atoms with Gasteiger partial charge in [-0.1, -0.05) is 37.8 Å². The number of piperidine rings is 2. The fraction of sp³-hybridized carbons (Fsp3) is 0.643. The van der Waals surface area contributed by atoms with Gasteiger partial charge in [0, 0.05) is 24.2 Å². The highest BCUT2D eigenvalue weighted by molar-refractivity contribution is 6.19. The van der Waals surface area contributed by atoms with Gasteiger partial charge in [0.2, 0.25) is 5.82 Å². The van der Waals surface area contributed by atoms with Gasteiger partial charge >= 0.3 is 6.03 Å². The molecule has 2 saturated carbocycles. The number of imide groups is 1. The number of para-hydroxylation sites is 2. The lowest BCUT2D eigenvalue weighted by Gasteiger charge is -2.55. The molecule has 6 atom stereocenters. The summed E-state index contributed by atoms with van der Waals surface area (Å²) >= 11 is 0. The number of hydrogen-bond donors (Lipinski definition) is 1. The van der Waals surface area contributed by atoms with Gasteiger partial charge in [0.05, 0.1) is 17.6 Å². The number of fused-ring (bicyclic) bond motifs is 5. The Labute approximate surface area is 211 Å². The highest BCUT2D eigenvalue weighted by atomic mass is 16.2. The molecule has 2 aliphatic carbocycles. The average Bonchev–Trinajstić information content (AvgIpc) is 3.20. The van der Waals surface area contributed by atoms with E-state index in [0.29, 0.717) is 23.6 Å². The predicted molar refractivity (Wildman–Crippen MR) is 137 cm³/mol. The van der Waals surface area contributed by atoms with Gasteiger partial charge in [-0.3, -0.25) is 14.5 Å². The number of urea groups is 1. The largest absolute Gasteiger partial charge is 0.330 e. The van der Waals surface area contributed by atoms with Crippen molar-refractivity contribution in [2.24, 2.45) is 11.8 Å². The Morgan fingerprint density at radius 1 is 0.778 bits per heavy atom. The Balaban J connectivity index is 1.25. The third kappa shape index (κ3) is 3.59. The van der Waals surface area contributed by atoms with E-state index in [1.54, 1.807) is 0 Å². The van der Waals surface area contributed by atoms with E-state index in [4.69, 9.17) is 0 Å². The first kappa shape index (κ1) is 22.5. The third-order valence-corrected chi connectivity index (χ3v) is 9.73. The molecule has 5 fully saturated rings. The van der Waals surface area contributed by atoms with Crippen LogP contribution in [0.25, 0.3) is 11.0 Å². The first-order chi connectivity index (χ1) is 17.6. The van der Waals surface area contributed by atoms with E-state index in [-0.39, 0.29) is 24.0 Å². The Bertz CT molecular complexity index is 1230. The molecule has 3 amide bonds. The zero-order valence-electron chi connectivity index (χ0n) is 20.8. The quantitative estimate of drug-likeness (QED) is 0.659. The lowest BCUT2D eigenvalue weighted by atomic mass is 9.68. The summed E-state index contributed by atoms with van der Waals surface area (Å²) in [6, 6.07) is 8.78. The molecule has 8 nitrogen and oxygen atoms in total. The van der Waals surface area contributed by atoms with Crippen molar-refractivity contribution < 1.29 is 9.59 Å². The molecule has 2 unspecified atom stereocenters. The lowest BCUT2D eigenvalue weighted by molar-refractivity contribution is -0.115. The summed E-state index contributed by atoms with van der Waals surface area (Å²) in [4.78, 5) is 47.1. The number of amides is 3. The molecule has 4 heterocycles. The van der Waals surface area contributed by atoms with E-state index < -0.39 is 11.9 Å². The molecular weight excluding hydrogens is 454 g/mol. The maximum absolute atomic E-state index is 13.9. The molecule has 7 rings (SSSR count). The van der Waals surface area contributed by atoms with Crippen LogP contribution in [0.15, 0.2) is 29.1 Å². The molecule has 0 spiro atoms. The maximum Gasteiger partial charge on any atom is 0.330 e. The smallest absolute Gasteiger partial charge is 0.328 e. The molecule has 36 heavy (non-hydrogen) atoms. The van der Waals surface area contributed by atoms with Crippen LogP contribution in [0.4, 0.5) is 10.6 Å². The molecule has 1 N–H and O–H groups in total. The number of nitrogens with one attached hydrogen (secondary N) is 1. The molecule has 5 aliphatic rings. The van der Waals surface area contributed by atoms with Crippen molar-refractivity contribution in [2.75, 3.05) is 11.4 Å². The zero-order chi connectivity index (χ0) is 24.4. The average molecular weight is 490 g/mol. The standard InChI is InChI=1S/C28H35N5O3/c34-25-16-29-28(36)33(25)26-27(35)32(24-10-2-1-9-23(24)30-26)22-14-19-7-4-8-20(15-22)31(19)21-12-17-5-3-6-18(11-17)13-21/h1-2,9-10,17-22H,3-8,11-16H2,(H,29,36)/t17-,18+,19-,20+,21?,22?. The van der Waals surface area contributed by atoms with E-state index >= 15 is 0 Å². The van der Waals surface area contributed by atoms with E-state index in [9.17, 15) is 14.4 Å². The summed E-state index contributed by atoms with van der Waals surface area (Å²) in [5, 5.41) is 2.53. The predicted octanol–water partition coefficient (Wildman–Crippen LogP) is 3.98. The highest BCUT2D eigenvalue weighted by Gasteiger charge is 2.46. The van der Waals surface area contributed by atoms with Gasteiger partial charge in [-0.25, -0.2) is 14.7 Å². The second-order valence-electron chi connectivity index (χ2n) is 11.8. The topological polar surface area (TPSA) is 87.5 Å². The van der Waals surface area contributed by atoms with Crippen molar-refractivity contribution in [3.05, 3.63) is 34.6 Å². The highest BCUT2D eigenvalue weighted by Crippen LogP contribution is 2.47. The minimum Gasteiger partial charge on any atom is -0.328 e. The summed E-state index contributed by atoms with van der Waals surface area (Å²) < 4.78 is 1.87. The SMILES string of the molecule is O=C1CNC(=O)N1c1nc2ccccc2n(C2C[C@H]3CCC[C@@H](C2)N3C2C[C@H]3CCC[C@@H](C2)C3)c1=O. The van der Waals surface area contributed by atoms with Gasteiger partial charge in [0.25, 0.3) is 11.5 Å². The van der Waals surface area contributed by atoms with Gasteiger partial charge in [-0.15, -0.1) is 0 Å². The van der Waals surface area contributed by atoms with Crippen LogP contribution in [0.1, 0.15) is 76.7 Å². The molecule has 2 aromatic rings. The Morgan fingerprint density at radius 2 is 1.47 bits per heavy atom. The Hall–Kier alpha value is -2.74. The van der Waals surface area contributed by atoms with Crippen molar-refractivity contribution >= 4 is 28.8 Å². The molecule has 1 aromatic carbocycles. The molecule has 190 valence electrons. The van der Waals surface area contributed by atoms with Gasteiger partial charge < -0.3 is 9.88 Å². The number of carbonyl (C=O) groups is 2. The number of anilines is 1. The van der Waals surface area contributed by atoms with Crippen LogP contribution in [-0.2, 0) is 4.79 Å². The molecule has 0 radical (unpaired) electrons. The lowest BCUT2D eigenvalue weighted by Crippen LogP contribution is -2.58. The zero-order valence-corrected chi connectivity index (χ0v) is 20.8. The van der Waals surface area contributed by atoms with Gasteiger partial charge in [0.1, 0.15) is 0 Å². The van der Waals surface area contributed by atoms with Crippen LogP contribution in [-0.4, -0.2) is 51.1 Å². The van der Waals surface area contributed by atoms with Crippen LogP contribution >= 0.6 is 0 Å². The van der Waals surface area contributed by atoms with E-state index in [2.05, 4.69) is 15.2 Å². The normalized spacial score (nSPS) is 34.7. The number of nitrogens with zero attached hydrogens (tertiary/aromatic N) is 4. The van der Waals surface area contributed by atoms with Crippen LogP contribution in [0.3, 0.4) is 0 Å². The fourth-order valence-corrected chi connectivity index (χ4v) is 8.42. The minimum atomic E-state index is -0.569. The third-order valence-electron chi connectivity index (χ3n) is 9.73. The van der Waals surface area contributed by atoms with Crippen molar-refractivity contribution in [1.82, 2.24) is 19.8 Å². The van der Waals surface area contributed by atoms with E-state index in [0.717, 1.165) is 35.1 Å². The fourth-order valence-electron chi connectivity index (χ4n) is 8.42. The summed E-state index contributed by atoms with van der Waals surface area (Å²) in [5.41, 5.74) is 1.11. The Kier molecular flexibility index (Phi) is 5.42. The maximum atomic E-state index is 13.9. The number of hydrogen-bond acceptors (Lipinski definition) is 5. The van der Waals surface area contributed by atoms with E-state index in [1.165, 1.54) is 57.8 Å². The second-order valence-corrected chi connectivity index (χ2v) is 11.8. The molecule has 3 saturated heterocycles. The molecule has 8 heteroatoms. The first-order valence-corrected chi connectivity index (χ1v) is 14.0. The first-order valence-electron chi connectivity index (χ1n) is 14.0. The Morgan fingerprint density at radius 3 is 2.17 bits per heavy atom. The van der Waals surface area contributed by atoms with Gasteiger partial charge in [-0.05, 0) is 68.9 Å². The number of benzene rings is 1. The van der Waals surface area contributed by atoms with Gasteiger partial charge in [-0.2, -0.15) is 0 Å². The van der Waals surface area contributed by atoms with Gasteiger partial charge in [0.15, 0.2) is 0 Å². The molecule has 3 aliphatic heterocycles. The molecular formula is C28H35N5O3. The van der Waals surface area contributed by atoms with Crippen LogP contribution in [0.5, 0.6) is 0 Å². The minimum absolute atomic E-state index is 0.0413. The van der Waals surface area contributed by atoms with Crippen molar-refractivity contribution in [3.8, 4) is 0 Å². The second kappa shape index (κ2) is 8.68. The summed E-state index contributed by atoms with van der Waals surface area (Å²) in [6.45, 7) is -0.0985. The summed E-state index contributed by atoms with van der Waals surface area (Å²) in [6.07, 6.45) is 13.9. The number of rotatable bonds is 3. The molecule has 1 aromatic heterocycles. The summed E-state index contributed by atoms with van der Waals surface area (Å²) in [5.74, 6) is 1.31. The molecule has 4 bridgehead atoms. The van der Waals surface area contributed by atoms with Crippen LogP contribution in [0, 0.1) is 11.8 Å². The van der Waals surface area contributed by atoms with E-state index in [1.807, 2.05) is 28.8 Å². The summed E-state index contributed by atoms with van der Waals surface area (Å²) in [7, 11) is 0. The van der Waals surface area contributed by atoms with Crippen LogP contribution < -0.4 is 15.8 Å².